The molecular formula is C22H28BFN2O3. The van der Waals surface area contributed by atoms with Gasteiger partial charge in [0.15, 0.2) is 0 Å². The lowest BCUT2D eigenvalue weighted by atomic mass is 9.63. The fraction of sp³-hybridized carbons (Fsp3) is 0.591. The van der Waals surface area contributed by atoms with Crippen LogP contribution in [0.3, 0.4) is 0 Å². The molecule has 0 radical (unpaired) electrons. The zero-order valence-electron chi connectivity index (χ0n) is 17.5. The van der Waals surface area contributed by atoms with E-state index in [9.17, 15) is 9.18 Å². The lowest BCUT2D eigenvalue weighted by Crippen LogP contribution is -2.41. The minimum Gasteiger partial charge on any atom is -0.403 e. The number of hydrogen-bond acceptors (Lipinski definition) is 4. The largest absolute Gasteiger partial charge is 0.464 e. The summed E-state index contributed by atoms with van der Waals surface area (Å²) in [6.07, 6.45) is 2.14. The standard InChI is InChI=1S/C22H28BFN2O3/c1-20(2)21(3,4)29-23(28-20)22-7-8-26(13-16(22)11-22)12-15-9-14-5-6-17(24)10-18(14)25-19(15)27/h5-6,9-10,16H,7-8,11-13H2,1-4H3,(H,25,27). The van der Waals surface area contributed by atoms with Crippen LogP contribution < -0.4 is 5.56 Å². The molecule has 3 heterocycles. The number of likely N-dealkylation sites (tertiary alicyclic amines) is 1. The van der Waals surface area contributed by atoms with Crippen molar-refractivity contribution in [2.75, 3.05) is 13.1 Å². The smallest absolute Gasteiger partial charge is 0.403 e. The van der Waals surface area contributed by atoms with Gasteiger partial charge >= 0.3 is 7.12 Å². The van der Waals surface area contributed by atoms with Crippen LogP contribution >= 0.6 is 0 Å². The number of nitrogens with zero attached hydrogens (tertiary/aromatic N) is 1. The Morgan fingerprint density at radius 2 is 1.93 bits per heavy atom. The number of H-pyrrole nitrogens is 1. The molecule has 5 nitrogen and oxygen atoms in total. The van der Waals surface area contributed by atoms with Crippen molar-refractivity contribution in [2.45, 2.75) is 63.6 Å². The second-order valence-corrected chi connectivity index (χ2v) is 10.1. The van der Waals surface area contributed by atoms with Crippen molar-refractivity contribution in [3.05, 3.63) is 46.0 Å². The molecule has 1 N–H and O–H groups in total. The third kappa shape index (κ3) is 3.06. The van der Waals surface area contributed by atoms with Crippen LogP contribution in [0.15, 0.2) is 29.1 Å². The van der Waals surface area contributed by atoms with Crippen molar-refractivity contribution in [1.82, 2.24) is 9.88 Å². The first-order valence-corrected chi connectivity index (χ1v) is 10.5. The number of benzene rings is 1. The summed E-state index contributed by atoms with van der Waals surface area (Å²) in [4.78, 5) is 17.6. The highest BCUT2D eigenvalue weighted by Crippen LogP contribution is 2.69. The average Bonchev–Trinajstić information content (AvgIpc) is 3.31. The van der Waals surface area contributed by atoms with Gasteiger partial charge in [-0.1, -0.05) is 0 Å². The summed E-state index contributed by atoms with van der Waals surface area (Å²) in [5.74, 6) is 0.198. The number of halogens is 1. The summed E-state index contributed by atoms with van der Waals surface area (Å²) in [6.45, 7) is 10.9. The highest BCUT2D eigenvalue weighted by molar-refractivity contribution is 6.51. The van der Waals surface area contributed by atoms with Gasteiger partial charge in [0.25, 0.3) is 5.56 Å². The van der Waals surface area contributed by atoms with Gasteiger partial charge in [-0.2, -0.15) is 0 Å². The Hall–Kier alpha value is -1.70. The molecule has 2 unspecified atom stereocenters. The first-order valence-electron chi connectivity index (χ1n) is 10.5. The highest BCUT2D eigenvalue weighted by atomic mass is 19.1. The van der Waals surface area contributed by atoms with Crippen LogP contribution in [-0.2, 0) is 15.9 Å². The molecule has 154 valence electrons. The quantitative estimate of drug-likeness (QED) is 0.801. The van der Waals surface area contributed by atoms with Crippen LogP contribution in [-0.4, -0.2) is 41.3 Å². The Morgan fingerprint density at radius 3 is 2.62 bits per heavy atom. The van der Waals surface area contributed by atoms with E-state index in [2.05, 4.69) is 37.6 Å². The van der Waals surface area contributed by atoms with E-state index in [1.54, 1.807) is 6.07 Å². The van der Waals surface area contributed by atoms with Gasteiger partial charge in [-0.05, 0) is 82.7 Å². The summed E-state index contributed by atoms with van der Waals surface area (Å²) in [5.41, 5.74) is 0.539. The number of aromatic amines is 1. The van der Waals surface area contributed by atoms with Crippen LogP contribution in [0, 0.1) is 11.7 Å². The molecule has 0 amide bonds. The van der Waals surface area contributed by atoms with Crippen molar-refractivity contribution in [2.24, 2.45) is 5.92 Å². The predicted molar refractivity (Wildman–Crippen MR) is 111 cm³/mol. The fourth-order valence-corrected chi connectivity index (χ4v) is 4.93. The Balaban J connectivity index is 1.29. The van der Waals surface area contributed by atoms with Crippen LogP contribution in [0.25, 0.3) is 10.9 Å². The summed E-state index contributed by atoms with van der Waals surface area (Å²) < 4.78 is 26.1. The number of fused-ring (bicyclic) bond motifs is 2. The lowest BCUT2D eigenvalue weighted by Gasteiger charge is -2.32. The Morgan fingerprint density at radius 1 is 1.21 bits per heavy atom. The summed E-state index contributed by atoms with van der Waals surface area (Å²) in [7, 11) is -0.140. The van der Waals surface area contributed by atoms with Crippen LogP contribution in [0.4, 0.5) is 4.39 Å². The van der Waals surface area contributed by atoms with Gasteiger partial charge in [-0.3, -0.25) is 9.69 Å². The Bertz CT molecular complexity index is 1020. The molecule has 1 aromatic heterocycles. The van der Waals surface area contributed by atoms with E-state index in [4.69, 9.17) is 9.31 Å². The number of nitrogens with one attached hydrogen (secondary N) is 1. The molecule has 1 aliphatic carbocycles. The number of piperidine rings is 1. The number of aromatic nitrogens is 1. The third-order valence-electron chi connectivity index (χ3n) is 7.65. The molecule has 2 saturated heterocycles. The third-order valence-corrected chi connectivity index (χ3v) is 7.65. The van der Waals surface area contributed by atoms with E-state index >= 15 is 0 Å². The van der Waals surface area contributed by atoms with Gasteiger partial charge in [-0.25, -0.2) is 4.39 Å². The summed E-state index contributed by atoms with van der Waals surface area (Å²) in [5, 5.41) is 0.977. The topological polar surface area (TPSA) is 54.6 Å². The van der Waals surface area contributed by atoms with Gasteiger partial charge in [-0.15, -0.1) is 0 Å². The first kappa shape index (κ1) is 19.3. The molecule has 0 spiro atoms. The number of pyridine rings is 1. The van der Waals surface area contributed by atoms with Crippen molar-refractivity contribution < 1.29 is 13.7 Å². The molecular weight excluding hydrogens is 370 g/mol. The molecule has 2 aromatic rings. The van der Waals surface area contributed by atoms with Gasteiger partial charge in [0.1, 0.15) is 5.82 Å². The maximum absolute atomic E-state index is 13.4. The van der Waals surface area contributed by atoms with E-state index in [1.165, 1.54) is 12.1 Å². The molecule has 1 saturated carbocycles. The van der Waals surface area contributed by atoms with Crippen LogP contribution in [0.2, 0.25) is 5.31 Å². The highest BCUT2D eigenvalue weighted by Gasteiger charge is 2.70. The SMILES string of the molecule is CC1(C)OB(C23CCN(Cc4cc5ccc(F)cc5[nH]c4=O)CC2C3)OC1(C)C. The zero-order valence-corrected chi connectivity index (χ0v) is 17.5. The van der Waals surface area contributed by atoms with Crippen molar-refractivity contribution >= 4 is 18.0 Å². The summed E-state index contributed by atoms with van der Waals surface area (Å²) in [6, 6.07) is 6.39. The van der Waals surface area contributed by atoms with E-state index in [-0.39, 0.29) is 35.0 Å². The average molecular weight is 398 g/mol. The second kappa shape index (κ2) is 6.16. The van der Waals surface area contributed by atoms with Crippen molar-refractivity contribution in [3.63, 3.8) is 0 Å². The first-order chi connectivity index (χ1) is 13.6. The van der Waals surface area contributed by atoms with Crippen LogP contribution in [0.5, 0.6) is 0 Å². The van der Waals surface area contributed by atoms with E-state index in [0.29, 0.717) is 18.0 Å². The van der Waals surface area contributed by atoms with E-state index in [0.717, 1.165) is 36.9 Å². The number of hydrogen-bond donors (Lipinski definition) is 1. The second-order valence-electron chi connectivity index (χ2n) is 10.1. The minimum absolute atomic E-state index is 0.120. The monoisotopic (exact) mass is 398 g/mol. The van der Waals surface area contributed by atoms with Gasteiger partial charge in [0, 0.05) is 24.0 Å². The van der Waals surface area contributed by atoms with Gasteiger partial charge in [0.2, 0.25) is 0 Å². The Kier molecular flexibility index (Phi) is 4.09. The van der Waals surface area contributed by atoms with Gasteiger partial charge < -0.3 is 14.3 Å². The van der Waals surface area contributed by atoms with Crippen LogP contribution in [0.1, 0.15) is 46.1 Å². The molecule has 1 aromatic carbocycles. The molecule has 5 rings (SSSR count). The normalized spacial score (nSPS) is 30.5. The Labute approximate surface area is 170 Å². The molecule has 29 heavy (non-hydrogen) atoms. The molecule has 3 fully saturated rings. The molecule has 2 atom stereocenters. The van der Waals surface area contributed by atoms with Crippen molar-refractivity contribution in [1.29, 1.82) is 0 Å². The molecule has 2 aliphatic heterocycles. The molecule has 3 aliphatic rings. The fourth-order valence-electron chi connectivity index (χ4n) is 4.93. The maximum Gasteiger partial charge on any atom is 0.464 e. The molecule has 7 heteroatoms. The summed E-state index contributed by atoms with van der Waals surface area (Å²) >= 11 is 0. The molecule has 0 bridgehead atoms. The van der Waals surface area contributed by atoms with E-state index < -0.39 is 0 Å². The predicted octanol–water partition coefficient (Wildman–Crippen LogP) is 3.73. The maximum atomic E-state index is 13.4. The zero-order chi connectivity index (χ0) is 20.6. The van der Waals surface area contributed by atoms with E-state index in [1.807, 2.05) is 6.07 Å². The lowest BCUT2D eigenvalue weighted by molar-refractivity contribution is 0.00578. The van der Waals surface area contributed by atoms with Gasteiger partial charge in [0.05, 0.1) is 16.7 Å². The number of rotatable bonds is 3. The van der Waals surface area contributed by atoms with Crippen molar-refractivity contribution in [3.8, 4) is 0 Å². The minimum atomic E-state index is -0.343.